The fourth-order valence-electron chi connectivity index (χ4n) is 6.47. The maximum atomic E-state index is 13.2. The quantitative estimate of drug-likeness (QED) is 0.465. The molecule has 4 aliphatic heterocycles. The van der Waals surface area contributed by atoms with Gasteiger partial charge >= 0.3 is 0 Å². The van der Waals surface area contributed by atoms with Gasteiger partial charge in [0.2, 0.25) is 11.8 Å². The largest absolute Gasteiger partial charge is 0.380 e. The van der Waals surface area contributed by atoms with E-state index in [9.17, 15) is 14.4 Å². The summed E-state index contributed by atoms with van der Waals surface area (Å²) in [6, 6.07) is 9.84. The Morgan fingerprint density at radius 3 is 2.73 bits per heavy atom. The van der Waals surface area contributed by atoms with E-state index in [0.29, 0.717) is 37.7 Å². The van der Waals surface area contributed by atoms with Crippen molar-refractivity contribution in [3.8, 4) is 11.3 Å². The second kappa shape index (κ2) is 10.7. The predicted molar refractivity (Wildman–Crippen MR) is 151 cm³/mol. The van der Waals surface area contributed by atoms with E-state index in [0.717, 1.165) is 67.1 Å². The van der Waals surface area contributed by atoms with Crippen LogP contribution in [0.15, 0.2) is 36.5 Å². The van der Waals surface area contributed by atoms with E-state index in [1.54, 1.807) is 4.90 Å². The fourth-order valence-corrected chi connectivity index (χ4v) is 6.47. The van der Waals surface area contributed by atoms with Gasteiger partial charge in [0.15, 0.2) is 0 Å². The third kappa shape index (κ3) is 4.83. The average molecular weight is 558 g/mol. The van der Waals surface area contributed by atoms with Crippen LogP contribution in [0.2, 0.25) is 0 Å². The minimum absolute atomic E-state index is 0.169. The summed E-state index contributed by atoms with van der Waals surface area (Å²) in [6.07, 6.45) is 3.80. The van der Waals surface area contributed by atoms with Crippen LogP contribution >= 0.6 is 0 Å². The van der Waals surface area contributed by atoms with Crippen molar-refractivity contribution in [2.24, 2.45) is 5.92 Å². The lowest BCUT2D eigenvalue weighted by atomic mass is 10.0. The molecule has 1 aromatic carbocycles. The molecule has 2 unspecified atom stereocenters. The first-order valence-corrected chi connectivity index (χ1v) is 14.6. The van der Waals surface area contributed by atoms with Crippen LogP contribution in [0, 0.1) is 5.92 Å². The highest BCUT2D eigenvalue weighted by atomic mass is 16.5. The fraction of sp³-hybridized carbons (Fsp3) is 0.484. The third-order valence-corrected chi connectivity index (χ3v) is 9.00. The van der Waals surface area contributed by atoms with Gasteiger partial charge in [0, 0.05) is 55.3 Å². The number of ether oxygens (including phenoxy) is 2. The van der Waals surface area contributed by atoms with Gasteiger partial charge in [-0.05, 0) is 54.2 Å². The molecule has 2 aromatic heterocycles. The first-order chi connectivity index (χ1) is 20.0. The van der Waals surface area contributed by atoms with E-state index >= 15 is 0 Å². The van der Waals surface area contributed by atoms with Gasteiger partial charge in [-0.2, -0.15) is 0 Å². The highest BCUT2D eigenvalue weighted by Crippen LogP contribution is 2.34. The average Bonchev–Trinajstić information content (AvgIpc) is 3.40. The molecule has 3 saturated heterocycles. The van der Waals surface area contributed by atoms with Crippen molar-refractivity contribution >= 4 is 28.8 Å². The summed E-state index contributed by atoms with van der Waals surface area (Å²) < 4.78 is 13.6. The van der Waals surface area contributed by atoms with Crippen molar-refractivity contribution in [3.05, 3.63) is 53.2 Å². The molecule has 0 spiro atoms. The minimum Gasteiger partial charge on any atom is -0.380 e. The molecular formula is C31H35N5O5. The molecule has 0 radical (unpaired) electrons. The number of hydrogen-bond donors (Lipinski definition) is 1. The summed E-state index contributed by atoms with van der Waals surface area (Å²) in [7, 11) is 0. The lowest BCUT2D eigenvalue weighted by Crippen LogP contribution is -2.52. The smallest absolute Gasteiger partial charge is 0.255 e. The van der Waals surface area contributed by atoms with E-state index in [-0.39, 0.29) is 24.3 Å². The lowest BCUT2D eigenvalue weighted by Gasteiger charge is -2.29. The number of fused-ring (bicyclic) bond motifs is 2. The number of imide groups is 1. The molecule has 214 valence electrons. The van der Waals surface area contributed by atoms with Gasteiger partial charge in [-0.1, -0.05) is 13.0 Å². The third-order valence-electron chi connectivity index (χ3n) is 9.00. The topological polar surface area (TPSA) is 106 Å². The van der Waals surface area contributed by atoms with Crippen molar-refractivity contribution in [1.29, 1.82) is 0 Å². The Hall–Kier alpha value is -3.60. The molecule has 0 bridgehead atoms. The SMILES string of the molecule is CCC1COCCN(Cc2cc(-c3ccc4c(c3)CN(C3CCC(=O)NC3=O)C4=O)nc3c2ccn3C2COC2)C1. The number of pyridine rings is 1. The van der Waals surface area contributed by atoms with E-state index in [1.807, 2.05) is 18.2 Å². The Labute approximate surface area is 238 Å². The standard InChI is InChI=1S/C31H35N5O5/c1-2-19-13-34(9-10-40-16-19)14-22-12-26(32-29-24(22)7-8-35(29)23-17-41-18-23)20-3-4-25-21(11-20)15-36(31(25)39)27-5-6-28(37)33-30(27)38/h3-4,7-8,11-12,19,23,27H,2,5-6,9-10,13-18H2,1H3,(H,33,37,38). The second-order valence-electron chi connectivity index (χ2n) is 11.7. The summed E-state index contributed by atoms with van der Waals surface area (Å²) in [4.78, 5) is 46.6. The molecule has 1 N–H and O–H groups in total. The van der Waals surface area contributed by atoms with Gasteiger partial charge in [-0.3, -0.25) is 24.6 Å². The highest BCUT2D eigenvalue weighted by molar-refractivity contribution is 6.05. The molecule has 10 heteroatoms. The van der Waals surface area contributed by atoms with Crippen molar-refractivity contribution < 1.29 is 23.9 Å². The van der Waals surface area contributed by atoms with Gasteiger partial charge in [-0.25, -0.2) is 4.98 Å². The number of carbonyl (C=O) groups is 3. The van der Waals surface area contributed by atoms with E-state index in [4.69, 9.17) is 14.5 Å². The first kappa shape index (κ1) is 26.3. The van der Waals surface area contributed by atoms with Crippen LogP contribution in [0.5, 0.6) is 0 Å². The molecule has 3 amide bonds. The Morgan fingerprint density at radius 1 is 1.07 bits per heavy atom. The number of nitrogens with zero attached hydrogens (tertiary/aromatic N) is 4. The van der Waals surface area contributed by atoms with Crippen LogP contribution in [0.3, 0.4) is 0 Å². The minimum atomic E-state index is -0.630. The van der Waals surface area contributed by atoms with E-state index in [2.05, 4.69) is 40.0 Å². The number of rotatable bonds is 6. The number of benzene rings is 1. The summed E-state index contributed by atoms with van der Waals surface area (Å²) in [6.45, 7) is 8.18. The molecule has 10 nitrogen and oxygen atoms in total. The van der Waals surface area contributed by atoms with Crippen LogP contribution in [0.25, 0.3) is 22.3 Å². The number of nitrogens with one attached hydrogen (secondary N) is 1. The molecule has 7 rings (SSSR count). The molecule has 0 saturated carbocycles. The number of piperidine rings is 1. The van der Waals surface area contributed by atoms with Gasteiger partial charge in [-0.15, -0.1) is 0 Å². The monoisotopic (exact) mass is 557 g/mol. The zero-order valence-corrected chi connectivity index (χ0v) is 23.3. The zero-order valence-electron chi connectivity index (χ0n) is 23.3. The highest BCUT2D eigenvalue weighted by Gasteiger charge is 2.39. The second-order valence-corrected chi connectivity index (χ2v) is 11.7. The number of aromatic nitrogens is 2. The lowest BCUT2D eigenvalue weighted by molar-refractivity contribution is -0.136. The Bertz CT molecular complexity index is 1530. The Morgan fingerprint density at radius 2 is 1.95 bits per heavy atom. The Balaban J connectivity index is 1.23. The van der Waals surface area contributed by atoms with Crippen LogP contribution < -0.4 is 5.32 Å². The van der Waals surface area contributed by atoms with Gasteiger partial charge in [0.1, 0.15) is 11.7 Å². The van der Waals surface area contributed by atoms with Crippen molar-refractivity contribution in [3.63, 3.8) is 0 Å². The van der Waals surface area contributed by atoms with Gasteiger partial charge in [0.25, 0.3) is 5.91 Å². The molecular weight excluding hydrogens is 522 g/mol. The molecule has 3 fully saturated rings. The Kier molecular flexibility index (Phi) is 6.84. The van der Waals surface area contributed by atoms with E-state index < -0.39 is 11.9 Å². The summed E-state index contributed by atoms with van der Waals surface area (Å²) in [5.41, 5.74) is 5.45. The molecule has 3 aromatic rings. The van der Waals surface area contributed by atoms with Gasteiger partial charge in [0.05, 0.1) is 38.2 Å². The van der Waals surface area contributed by atoms with Crippen molar-refractivity contribution in [2.45, 2.75) is 51.4 Å². The first-order valence-electron chi connectivity index (χ1n) is 14.6. The molecule has 41 heavy (non-hydrogen) atoms. The summed E-state index contributed by atoms with van der Waals surface area (Å²) >= 11 is 0. The molecule has 6 heterocycles. The van der Waals surface area contributed by atoms with Crippen molar-refractivity contribution in [2.75, 3.05) is 39.5 Å². The number of hydrogen-bond acceptors (Lipinski definition) is 7. The van der Waals surface area contributed by atoms with Gasteiger partial charge < -0.3 is 18.9 Å². The van der Waals surface area contributed by atoms with Crippen LogP contribution in [0.4, 0.5) is 0 Å². The summed E-state index contributed by atoms with van der Waals surface area (Å²) in [5, 5.41) is 3.53. The maximum absolute atomic E-state index is 13.2. The maximum Gasteiger partial charge on any atom is 0.255 e. The molecule has 2 atom stereocenters. The predicted octanol–water partition coefficient (Wildman–Crippen LogP) is 2.89. The molecule has 0 aliphatic carbocycles. The normalized spacial score (nSPS) is 23.9. The zero-order chi connectivity index (χ0) is 28.1. The van der Waals surface area contributed by atoms with Crippen LogP contribution in [-0.2, 0) is 32.2 Å². The molecule has 4 aliphatic rings. The van der Waals surface area contributed by atoms with Crippen LogP contribution in [-0.4, -0.2) is 82.6 Å². The number of amides is 3. The summed E-state index contributed by atoms with van der Waals surface area (Å²) in [5.74, 6) is -0.332. The van der Waals surface area contributed by atoms with Crippen LogP contribution in [0.1, 0.15) is 53.7 Å². The van der Waals surface area contributed by atoms with E-state index in [1.165, 1.54) is 5.56 Å². The van der Waals surface area contributed by atoms with Crippen molar-refractivity contribution in [1.82, 2.24) is 24.7 Å². The number of carbonyl (C=O) groups excluding carboxylic acids is 3.